The quantitative estimate of drug-likeness (QED) is 0.377. The summed E-state index contributed by atoms with van der Waals surface area (Å²) >= 11 is 0. The van der Waals surface area contributed by atoms with Crippen molar-refractivity contribution in [2.24, 2.45) is 0 Å². The Bertz CT molecular complexity index is 1280. The number of piperazine rings is 1. The van der Waals surface area contributed by atoms with Crippen molar-refractivity contribution < 1.29 is 14.6 Å². The van der Waals surface area contributed by atoms with Crippen LogP contribution in [0.25, 0.3) is 22.0 Å². The molecule has 1 aliphatic heterocycles. The zero-order chi connectivity index (χ0) is 24.3. The number of benzene rings is 2. The summed E-state index contributed by atoms with van der Waals surface area (Å²) in [6.45, 7) is 6.28. The average molecular weight is 473 g/mol. The number of fused-ring (bicyclic) bond motifs is 1. The number of aldehydes is 1. The fourth-order valence-electron chi connectivity index (χ4n) is 4.32. The number of hydrogen-bond acceptors (Lipinski definition) is 8. The summed E-state index contributed by atoms with van der Waals surface area (Å²) in [7, 11) is 0. The highest BCUT2D eigenvalue weighted by Crippen LogP contribution is 2.26. The van der Waals surface area contributed by atoms with E-state index in [2.05, 4.69) is 48.2 Å². The highest BCUT2D eigenvalue weighted by Gasteiger charge is 2.26. The maximum atomic E-state index is 11.0. The van der Waals surface area contributed by atoms with Gasteiger partial charge in [-0.05, 0) is 47.5 Å². The molecule has 0 radical (unpaired) electrons. The smallest absolute Gasteiger partial charge is 0.321 e. The van der Waals surface area contributed by atoms with E-state index < -0.39 is 5.60 Å². The largest absolute Gasteiger partial charge is 0.424 e. The topological polar surface area (TPSA) is 107 Å². The predicted octanol–water partition coefficient (Wildman–Crippen LogP) is 2.88. The molecule has 3 heterocycles. The van der Waals surface area contributed by atoms with Crippen molar-refractivity contribution in [3.8, 4) is 23.0 Å². The molecule has 0 saturated carbocycles. The molecule has 2 aromatic heterocycles. The second kappa shape index (κ2) is 9.91. The van der Waals surface area contributed by atoms with Crippen LogP contribution >= 0.6 is 0 Å². The number of nitrogens with zero attached hydrogens (tertiary/aromatic N) is 5. The SMILES string of the molecule is CC(O)(C=O)CN1CCN(Cc2ccc3cc(Oc4ncc(-c5ccn[nH]5)cn4)ccc3c2)CC1. The van der Waals surface area contributed by atoms with Gasteiger partial charge in [-0.3, -0.25) is 14.9 Å². The lowest BCUT2D eigenvalue weighted by Crippen LogP contribution is -2.51. The highest BCUT2D eigenvalue weighted by molar-refractivity contribution is 5.84. The number of aromatic amines is 1. The number of nitrogens with one attached hydrogen (secondary N) is 1. The van der Waals surface area contributed by atoms with E-state index in [1.807, 2.05) is 24.3 Å². The summed E-state index contributed by atoms with van der Waals surface area (Å²) in [5.41, 5.74) is 1.66. The van der Waals surface area contributed by atoms with Crippen LogP contribution in [0.15, 0.2) is 61.1 Å². The first-order valence-electron chi connectivity index (χ1n) is 11.6. The zero-order valence-electron chi connectivity index (χ0n) is 19.6. The van der Waals surface area contributed by atoms with Crippen molar-refractivity contribution in [1.82, 2.24) is 30.0 Å². The molecule has 35 heavy (non-hydrogen) atoms. The standard InChI is InChI=1S/C26H28N6O3/c1-26(34,18-33)17-32-10-8-31(9-11-32)16-19-2-3-21-13-23(5-4-20(21)12-19)35-25-27-14-22(15-28-25)24-6-7-29-30-24/h2-7,12-15,18,34H,8-11,16-17H2,1H3,(H,29,30). The Labute approximate surface area is 203 Å². The number of hydrogen-bond donors (Lipinski definition) is 2. The maximum absolute atomic E-state index is 11.0. The second-order valence-corrected chi connectivity index (χ2v) is 9.20. The molecule has 1 fully saturated rings. The molecule has 2 aromatic carbocycles. The Morgan fingerprint density at radius 2 is 1.74 bits per heavy atom. The van der Waals surface area contributed by atoms with Gasteiger partial charge in [-0.1, -0.05) is 18.2 Å². The first-order chi connectivity index (χ1) is 17.0. The summed E-state index contributed by atoms with van der Waals surface area (Å²) in [6, 6.07) is 14.6. The van der Waals surface area contributed by atoms with E-state index in [0.717, 1.165) is 54.8 Å². The van der Waals surface area contributed by atoms with Gasteiger partial charge in [0.15, 0.2) is 6.29 Å². The molecule has 1 saturated heterocycles. The molecule has 9 heteroatoms. The van der Waals surface area contributed by atoms with Gasteiger partial charge in [0, 0.05) is 63.4 Å². The summed E-state index contributed by atoms with van der Waals surface area (Å²) in [6.07, 6.45) is 5.71. The van der Waals surface area contributed by atoms with Crippen molar-refractivity contribution in [2.75, 3.05) is 32.7 Å². The summed E-state index contributed by atoms with van der Waals surface area (Å²) in [4.78, 5) is 24.1. The van der Waals surface area contributed by atoms with Crippen LogP contribution in [-0.4, -0.2) is 79.7 Å². The van der Waals surface area contributed by atoms with Crippen LogP contribution in [0.4, 0.5) is 0 Å². The normalized spacial score (nSPS) is 16.7. The van der Waals surface area contributed by atoms with Crippen molar-refractivity contribution in [3.05, 3.63) is 66.6 Å². The average Bonchev–Trinajstić information content (AvgIpc) is 3.41. The molecule has 1 unspecified atom stereocenters. The van der Waals surface area contributed by atoms with Crippen LogP contribution in [0.2, 0.25) is 0 Å². The van der Waals surface area contributed by atoms with E-state index in [9.17, 15) is 9.90 Å². The van der Waals surface area contributed by atoms with E-state index in [1.165, 1.54) is 5.56 Å². The van der Waals surface area contributed by atoms with Crippen LogP contribution < -0.4 is 4.74 Å². The van der Waals surface area contributed by atoms with Crippen LogP contribution in [0, 0.1) is 0 Å². The Hall–Kier alpha value is -3.66. The number of aliphatic hydroxyl groups is 1. The molecular weight excluding hydrogens is 444 g/mol. The Kier molecular flexibility index (Phi) is 6.54. The molecule has 5 rings (SSSR count). The lowest BCUT2D eigenvalue weighted by Gasteiger charge is -2.36. The number of β-amino-alcohol motifs (C(OH)–C–C–N with tert-alkyl or cyclic N) is 1. The predicted molar refractivity (Wildman–Crippen MR) is 132 cm³/mol. The minimum absolute atomic E-state index is 0.290. The number of H-pyrrole nitrogens is 1. The Morgan fingerprint density at radius 3 is 2.46 bits per heavy atom. The number of aromatic nitrogens is 4. The van der Waals surface area contributed by atoms with Crippen LogP contribution in [0.5, 0.6) is 11.8 Å². The van der Waals surface area contributed by atoms with Crippen molar-refractivity contribution in [3.63, 3.8) is 0 Å². The van der Waals surface area contributed by atoms with Gasteiger partial charge in [0.2, 0.25) is 0 Å². The number of carbonyl (C=O) groups excluding carboxylic acids is 1. The minimum atomic E-state index is -1.28. The third kappa shape index (κ3) is 5.71. The molecular formula is C26H28N6O3. The minimum Gasteiger partial charge on any atom is -0.424 e. The summed E-state index contributed by atoms with van der Waals surface area (Å²) in [5.74, 6) is 0.682. The van der Waals surface area contributed by atoms with Crippen molar-refractivity contribution >= 4 is 17.1 Å². The molecule has 1 atom stereocenters. The van der Waals surface area contributed by atoms with Gasteiger partial charge >= 0.3 is 6.01 Å². The van der Waals surface area contributed by atoms with Gasteiger partial charge in [0.25, 0.3) is 0 Å². The Balaban J connectivity index is 1.19. The van der Waals surface area contributed by atoms with Crippen molar-refractivity contribution in [1.29, 1.82) is 0 Å². The number of ether oxygens (including phenoxy) is 1. The van der Waals surface area contributed by atoms with E-state index >= 15 is 0 Å². The zero-order valence-corrected chi connectivity index (χ0v) is 19.6. The maximum Gasteiger partial charge on any atom is 0.321 e. The third-order valence-electron chi connectivity index (χ3n) is 6.19. The first-order valence-corrected chi connectivity index (χ1v) is 11.6. The van der Waals surface area contributed by atoms with Crippen LogP contribution in [0.3, 0.4) is 0 Å². The van der Waals surface area contributed by atoms with E-state index in [1.54, 1.807) is 25.5 Å². The third-order valence-corrected chi connectivity index (χ3v) is 6.19. The summed E-state index contributed by atoms with van der Waals surface area (Å²) in [5, 5.41) is 19.0. The second-order valence-electron chi connectivity index (χ2n) is 9.20. The molecule has 0 bridgehead atoms. The lowest BCUT2D eigenvalue weighted by atomic mass is 10.1. The van der Waals surface area contributed by atoms with Crippen LogP contribution in [0.1, 0.15) is 12.5 Å². The first kappa shape index (κ1) is 23.1. The van der Waals surface area contributed by atoms with E-state index in [4.69, 9.17) is 4.74 Å². The molecule has 4 aromatic rings. The lowest BCUT2D eigenvalue weighted by molar-refractivity contribution is -0.124. The van der Waals surface area contributed by atoms with Gasteiger partial charge in [-0.15, -0.1) is 0 Å². The van der Waals surface area contributed by atoms with Crippen LogP contribution in [-0.2, 0) is 11.3 Å². The van der Waals surface area contributed by atoms with Gasteiger partial charge in [-0.2, -0.15) is 5.10 Å². The Morgan fingerprint density at radius 1 is 1.03 bits per heavy atom. The van der Waals surface area contributed by atoms with Gasteiger partial charge in [0.1, 0.15) is 11.4 Å². The van der Waals surface area contributed by atoms with E-state index in [0.29, 0.717) is 18.6 Å². The molecule has 2 N–H and O–H groups in total. The van der Waals surface area contributed by atoms with Crippen molar-refractivity contribution in [2.45, 2.75) is 19.1 Å². The molecule has 180 valence electrons. The van der Waals surface area contributed by atoms with Gasteiger partial charge in [0.05, 0.1) is 5.69 Å². The van der Waals surface area contributed by atoms with Gasteiger partial charge < -0.3 is 14.6 Å². The molecule has 0 aliphatic carbocycles. The fraction of sp³-hybridized carbons (Fsp3) is 0.308. The molecule has 9 nitrogen and oxygen atoms in total. The number of carbonyl (C=O) groups is 1. The van der Waals surface area contributed by atoms with Gasteiger partial charge in [-0.25, -0.2) is 9.97 Å². The highest BCUT2D eigenvalue weighted by atomic mass is 16.5. The molecule has 0 amide bonds. The fourth-order valence-corrected chi connectivity index (χ4v) is 4.32. The molecule has 1 aliphatic rings. The molecule has 0 spiro atoms. The monoisotopic (exact) mass is 472 g/mol. The summed E-state index contributed by atoms with van der Waals surface area (Å²) < 4.78 is 5.86. The van der Waals surface area contributed by atoms with E-state index in [-0.39, 0.29) is 6.01 Å². The number of rotatable bonds is 8.